The number of nitrogens with zero attached hydrogens (tertiary/aromatic N) is 2. The number of rotatable bonds is 8. The van der Waals surface area contributed by atoms with Gasteiger partial charge in [-0.05, 0) is 94.8 Å². The molecule has 1 aliphatic rings. The molecule has 0 atom stereocenters. The molecule has 1 saturated heterocycles. The summed E-state index contributed by atoms with van der Waals surface area (Å²) in [4.78, 5) is 30.4. The van der Waals surface area contributed by atoms with Crippen molar-refractivity contribution in [1.29, 1.82) is 0 Å². The van der Waals surface area contributed by atoms with Crippen molar-refractivity contribution in [2.45, 2.75) is 13.5 Å². The number of carboxylic acids is 1. The van der Waals surface area contributed by atoms with E-state index < -0.39 is 5.97 Å². The lowest BCUT2D eigenvalue weighted by Gasteiger charge is -2.15. The van der Waals surface area contributed by atoms with E-state index in [2.05, 4.69) is 20.9 Å². The first kappa shape index (κ1) is 28.0. The molecular formula is C27H21BrCl2N2O5S. The number of aliphatic imine (C=N–C) groups is 1. The van der Waals surface area contributed by atoms with Gasteiger partial charge in [-0.1, -0.05) is 29.3 Å². The first-order valence-corrected chi connectivity index (χ1v) is 13.7. The van der Waals surface area contributed by atoms with E-state index in [4.69, 9.17) is 37.8 Å². The molecule has 3 aromatic carbocycles. The van der Waals surface area contributed by atoms with Crippen molar-refractivity contribution in [2.75, 3.05) is 13.7 Å². The number of amides is 1. The van der Waals surface area contributed by atoms with Gasteiger partial charge in [0.15, 0.2) is 16.7 Å². The van der Waals surface area contributed by atoms with E-state index in [9.17, 15) is 9.59 Å². The third-order valence-corrected chi connectivity index (χ3v) is 7.60. The van der Waals surface area contributed by atoms with Gasteiger partial charge in [-0.2, -0.15) is 0 Å². The number of thioether (sulfide) groups is 1. The van der Waals surface area contributed by atoms with Gasteiger partial charge in [-0.15, -0.1) is 0 Å². The molecule has 0 bridgehead atoms. The lowest BCUT2D eigenvalue weighted by Crippen LogP contribution is -2.23. The lowest BCUT2D eigenvalue weighted by molar-refractivity contribution is -0.121. The summed E-state index contributed by atoms with van der Waals surface area (Å²) in [5.41, 5.74) is 2.21. The number of benzene rings is 3. The van der Waals surface area contributed by atoms with Crippen LogP contribution in [0.2, 0.25) is 10.0 Å². The van der Waals surface area contributed by atoms with Gasteiger partial charge in [-0.25, -0.2) is 9.79 Å². The number of carbonyl (C=O) groups is 2. The molecule has 0 unspecified atom stereocenters. The second-order valence-corrected chi connectivity index (χ2v) is 10.7. The lowest BCUT2D eigenvalue weighted by atomic mass is 10.1. The Morgan fingerprint density at radius 3 is 2.53 bits per heavy atom. The van der Waals surface area contributed by atoms with E-state index in [1.165, 1.54) is 28.8 Å². The largest absolute Gasteiger partial charge is 0.490 e. The maximum absolute atomic E-state index is 12.9. The summed E-state index contributed by atoms with van der Waals surface area (Å²) in [6.45, 7) is 2.50. The minimum absolute atomic E-state index is 0.164. The Bertz CT molecular complexity index is 1460. The minimum Gasteiger partial charge on any atom is -0.490 e. The monoisotopic (exact) mass is 634 g/mol. The second-order valence-electron chi connectivity index (χ2n) is 8.01. The Morgan fingerprint density at radius 1 is 1.13 bits per heavy atom. The molecule has 0 spiro atoms. The standard InChI is InChI=1S/C27H21BrCl2N2O5S/c1-3-36-22-11-15(10-20(28)24(22)37-14-17-4-7-18(29)13-21(17)30)12-23-25(33)32(2)27(38-23)31-19-8-5-16(6-9-19)26(34)35/h4-13H,3,14H2,1-2H3,(H,34,35)/b23-12-,31-27?. The summed E-state index contributed by atoms with van der Waals surface area (Å²) in [6, 6.07) is 15.0. The predicted octanol–water partition coefficient (Wildman–Crippen LogP) is 7.67. The fourth-order valence-corrected chi connectivity index (χ4v) is 5.48. The summed E-state index contributed by atoms with van der Waals surface area (Å²) in [5.74, 6) is -0.202. The van der Waals surface area contributed by atoms with Crippen LogP contribution in [0.4, 0.5) is 5.69 Å². The quantitative estimate of drug-likeness (QED) is 0.256. The molecule has 0 saturated carbocycles. The zero-order valence-electron chi connectivity index (χ0n) is 20.2. The van der Waals surface area contributed by atoms with E-state index in [1.807, 2.05) is 13.0 Å². The maximum atomic E-state index is 12.9. The van der Waals surface area contributed by atoms with Gasteiger partial charge in [0.2, 0.25) is 0 Å². The van der Waals surface area contributed by atoms with Crippen LogP contribution in [0.3, 0.4) is 0 Å². The Balaban J connectivity index is 1.58. The molecule has 0 aliphatic carbocycles. The van der Waals surface area contributed by atoms with Gasteiger partial charge in [-0.3, -0.25) is 9.69 Å². The summed E-state index contributed by atoms with van der Waals surface area (Å²) in [5, 5.41) is 10.6. The highest BCUT2D eigenvalue weighted by atomic mass is 79.9. The number of likely N-dealkylation sites (N-methyl/N-ethyl adjacent to an activating group) is 1. The molecule has 11 heteroatoms. The van der Waals surface area contributed by atoms with Crippen LogP contribution < -0.4 is 9.47 Å². The minimum atomic E-state index is -1.01. The van der Waals surface area contributed by atoms with Crippen molar-refractivity contribution in [1.82, 2.24) is 4.90 Å². The van der Waals surface area contributed by atoms with Crippen molar-refractivity contribution >= 4 is 79.7 Å². The van der Waals surface area contributed by atoms with Crippen LogP contribution in [-0.4, -0.2) is 40.7 Å². The highest BCUT2D eigenvalue weighted by Gasteiger charge is 2.30. The number of carboxylic acid groups (broad SMARTS) is 1. The van der Waals surface area contributed by atoms with Gasteiger partial charge in [0.05, 0.1) is 27.2 Å². The molecule has 38 heavy (non-hydrogen) atoms. The van der Waals surface area contributed by atoms with Gasteiger partial charge < -0.3 is 14.6 Å². The second kappa shape index (κ2) is 12.3. The highest BCUT2D eigenvalue weighted by Crippen LogP contribution is 2.40. The van der Waals surface area contributed by atoms with Crippen LogP contribution in [0.5, 0.6) is 11.5 Å². The molecule has 0 aromatic heterocycles. The van der Waals surface area contributed by atoms with Crippen molar-refractivity contribution in [3.05, 3.63) is 90.7 Å². The fraction of sp³-hybridized carbons (Fsp3) is 0.148. The molecule has 3 aromatic rings. The summed E-state index contributed by atoms with van der Waals surface area (Å²) in [6.07, 6.45) is 1.76. The average molecular weight is 636 g/mol. The van der Waals surface area contributed by atoms with Gasteiger partial charge in [0.1, 0.15) is 6.61 Å². The van der Waals surface area contributed by atoms with Crippen LogP contribution >= 0.6 is 50.9 Å². The molecule has 1 amide bonds. The first-order valence-electron chi connectivity index (χ1n) is 11.3. The van der Waals surface area contributed by atoms with E-state index in [1.54, 1.807) is 49.5 Å². The van der Waals surface area contributed by atoms with E-state index in [-0.39, 0.29) is 18.1 Å². The smallest absolute Gasteiger partial charge is 0.335 e. The number of ether oxygens (including phenoxy) is 2. The van der Waals surface area contributed by atoms with Gasteiger partial charge in [0, 0.05) is 22.7 Å². The molecule has 1 fully saturated rings. The van der Waals surface area contributed by atoms with Crippen molar-refractivity contribution in [3.8, 4) is 11.5 Å². The van der Waals surface area contributed by atoms with E-state index >= 15 is 0 Å². The highest BCUT2D eigenvalue weighted by molar-refractivity contribution is 9.10. The Morgan fingerprint density at radius 2 is 1.87 bits per heavy atom. The Kier molecular flexibility index (Phi) is 9.04. The van der Waals surface area contributed by atoms with Crippen LogP contribution in [0.1, 0.15) is 28.4 Å². The predicted molar refractivity (Wildman–Crippen MR) is 155 cm³/mol. The molecule has 1 aliphatic heterocycles. The zero-order valence-corrected chi connectivity index (χ0v) is 24.1. The molecule has 1 heterocycles. The normalized spacial score (nSPS) is 15.4. The molecule has 1 N–H and O–H groups in total. The number of hydrogen-bond acceptors (Lipinski definition) is 6. The Labute approximate surface area is 242 Å². The molecule has 7 nitrogen and oxygen atoms in total. The van der Waals surface area contributed by atoms with E-state index in [0.717, 1.165) is 11.1 Å². The number of halogens is 3. The number of carbonyl (C=O) groups excluding carboxylic acids is 1. The first-order chi connectivity index (χ1) is 18.2. The van der Waals surface area contributed by atoms with Crippen LogP contribution in [-0.2, 0) is 11.4 Å². The molecular weight excluding hydrogens is 615 g/mol. The number of aromatic carboxylic acids is 1. The zero-order chi connectivity index (χ0) is 27.4. The number of amidine groups is 1. The van der Waals surface area contributed by atoms with Crippen molar-refractivity contribution < 1.29 is 24.2 Å². The van der Waals surface area contributed by atoms with Crippen LogP contribution in [0, 0.1) is 0 Å². The van der Waals surface area contributed by atoms with E-state index in [0.29, 0.717) is 48.4 Å². The average Bonchev–Trinajstić information content (AvgIpc) is 3.12. The van der Waals surface area contributed by atoms with Crippen molar-refractivity contribution in [2.24, 2.45) is 4.99 Å². The molecule has 0 radical (unpaired) electrons. The summed E-state index contributed by atoms with van der Waals surface area (Å²) < 4.78 is 12.5. The third-order valence-electron chi connectivity index (χ3n) is 5.36. The third kappa shape index (κ3) is 6.53. The number of hydrogen-bond donors (Lipinski definition) is 1. The molecule has 196 valence electrons. The maximum Gasteiger partial charge on any atom is 0.335 e. The van der Waals surface area contributed by atoms with Crippen molar-refractivity contribution in [3.63, 3.8) is 0 Å². The van der Waals surface area contributed by atoms with Gasteiger partial charge in [0.25, 0.3) is 5.91 Å². The van der Waals surface area contributed by atoms with Gasteiger partial charge >= 0.3 is 5.97 Å². The fourth-order valence-electron chi connectivity index (χ4n) is 3.45. The molecule has 4 rings (SSSR count). The van der Waals surface area contributed by atoms with Crippen LogP contribution in [0.25, 0.3) is 6.08 Å². The SMILES string of the molecule is CCOc1cc(/C=C2\SC(=Nc3ccc(C(=O)O)cc3)N(C)C2=O)cc(Br)c1OCc1ccc(Cl)cc1Cl. The van der Waals surface area contributed by atoms with Crippen LogP contribution in [0.15, 0.2) is 69.0 Å². The Hall–Kier alpha value is -2.98. The summed E-state index contributed by atoms with van der Waals surface area (Å²) in [7, 11) is 1.64. The summed E-state index contributed by atoms with van der Waals surface area (Å²) >= 11 is 17.1. The topological polar surface area (TPSA) is 88.4 Å².